The highest BCUT2D eigenvalue weighted by Gasteiger charge is 2.59. The van der Waals surface area contributed by atoms with Gasteiger partial charge in [0.05, 0.1) is 22.2 Å². The predicted molar refractivity (Wildman–Crippen MR) is 281 cm³/mol. The zero-order valence-corrected chi connectivity index (χ0v) is 37.5. The van der Waals surface area contributed by atoms with Crippen molar-refractivity contribution >= 4 is 21.9 Å². The van der Waals surface area contributed by atoms with Gasteiger partial charge in [-0.15, -0.1) is 0 Å². The molecule has 0 atom stereocenters. The van der Waals surface area contributed by atoms with Crippen LogP contribution in [0.2, 0.25) is 0 Å². The second-order valence-electron chi connectivity index (χ2n) is 18.8. The van der Waals surface area contributed by atoms with Crippen molar-refractivity contribution in [2.45, 2.75) is 10.8 Å². The fraction of sp³-hybridized carbons (Fsp3) is 0.0299. The molecule has 2 heteroatoms. The van der Waals surface area contributed by atoms with Gasteiger partial charge in [0.2, 0.25) is 0 Å². The van der Waals surface area contributed by atoms with E-state index in [1.807, 2.05) is 0 Å². The molecule has 3 aliphatic rings. The van der Waals surface area contributed by atoms with Crippen molar-refractivity contribution in [2.24, 2.45) is 0 Å². The Bertz CT molecular complexity index is 3930. The van der Waals surface area contributed by atoms with E-state index in [1.54, 1.807) is 0 Å². The minimum Gasteiger partial charge on any atom is -0.455 e. The van der Waals surface area contributed by atoms with E-state index in [2.05, 4.69) is 249 Å². The summed E-state index contributed by atoms with van der Waals surface area (Å²) in [5, 5.41) is 2.25. The number of furan rings is 1. The van der Waals surface area contributed by atoms with E-state index < -0.39 is 10.8 Å². The van der Waals surface area contributed by atoms with Gasteiger partial charge in [0.15, 0.2) is 0 Å². The van der Waals surface area contributed by atoms with Gasteiger partial charge in [-0.2, -0.15) is 0 Å². The zero-order valence-electron chi connectivity index (χ0n) is 37.5. The Kier molecular flexibility index (Phi) is 7.95. The van der Waals surface area contributed by atoms with Crippen molar-refractivity contribution in [3.8, 4) is 67.0 Å². The van der Waals surface area contributed by atoms with E-state index in [1.165, 1.54) is 66.8 Å². The molecule has 2 nitrogen and oxygen atoms in total. The van der Waals surface area contributed by atoms with E-state index in [4.69, 9.17) is 9.40 Å². The van der Waals surface area contributed by atoms with Crippen LogP contribution in [0.4, 0.5) is 0 Å². The molecule has 3 aliphatic carbocycles. The molecule has 0 aliphatic heterocycles. The largest absolute Gasteiger partial charge is 0.455 e. The number of benzene rings is 10. The summed E-state index contributed by atoms with van der Waals surface area (Å²) < 4.78 is 7.14. The summed E-state index contributed by atoms with van der Waals surface area (Å²) in [5.74, 6) is 0. The molecule has 69 heavy (non-hydrogen) atoms. The van der Waals surface area contributed by atoms with Gasteiger partial charge in [-0.3, -0.25) is 0 Å². The van der Waals surface area contributed by atoms with Crippen LogP contribution in [0.3, 0.4) is 0 Å². The zero-order chi connectivity index (χ0) is 45.3. The predicted octanol–water partition coefficient (Wildman–Crippen LogP) is 16.7. The van der Waals surface area contributed by atoms with Crippen LogP contribution in [0.5, 0.6) is 0 Å². The van der Waals surface area contributed by atoms with Gasteiger partial charge in [-0.25, -0.2) is 4.98 Å². The first kappa shape index (κ1) is 38.3. The summed E-state index contributed by atoms with van der Waals surface area (Å²) in [6.07, 6.45) is 0. The van der Waals surface area contributed by atoms with Gasteiger partial charge in [0, 0.05) is 27.5 Å². The molecular weight excluding hydrogens is 835 g/mol. The maximum absolute atomic E-state index is 7.14. The summed E-state index contributed by atoms with van der Waals surface area (Å²) in [5.41, 5.74) is 24.7. The van der Waals surface area contributed by atoms with Crippen molar-refractivity contribution in [1.82, 2.24) is 4.98 Å². The first-order valence-corrected chi connectivity index (χ1v) is 23.9. The normalized spacial score (nSPS) is 14.0. The van der Waals surface area contributed by atoms with Gasteiger partial charge in [-0.1, -0.05) is 224 Å². The van der Waals surface area contributed by atoms with Crippen molar-refractivity contribution in [1.29, 1.82) is 0 Å². The standard InChI is InChI=1S/C67H41NO/c1-3-19-42(20-4-1)60-40-46(41-61(68-60)43-21-5-2-6-22-43)44-23-17-24-45(39-44)47-28-18-35-58-63(47)64-59(38-37-51-50-27-9-16-36-62(50)69-65(51)64)67(58)56-33-14-12-31-54(56)66(55-32-13-15-34-57(55)67)52-29-10-7-25-48(52)49-26-8-11-30-53(49)66/h1-41H. The summed E-state index contributed by atoms with van der Waals surface area (Å²) in [6.45, 7) is 0. The minimum atomic E-state index is -0.670. The van der Waals surface area contributed by atoms with Crippen LogP contribution in [0, 0.1) is 0 Å². The van der Waals surface area contributed by atoms with Gasteiger partial charge in [0.1, 0.15) is 11.2 Å². The number of fused-ring (bicyclic) bond motifs is 20. The molecule has 2 aromatic heterocycles. The van der Waals surface area contributed by atoms with Gasteiger partial charge in [0.25, 0.3) is 0 Å². The quantitative estimate of drug-likeness (QED) is 0.176. The first-order valence-electron chi connectivity index (χ1n) is 23.9. The highest BCUT2D eigenvalue weighted by Crippen LogP contribution is 2.68. The van der Waals surface area contributed by atoms with E-state index in [0.29, 0.717) is 0 Å². The van der Waals surface area contributed by atoms with Crippen molar-refractivity contribution < 1.29 is 4.42 Å². The Balaban J connectivity index is 1.03. The maximum Gasteiger partial charge on any atom is 0.143 e. The second kappa shape index (κ2) is 14.3. The molecule has 0 saturated carbocycles. The molecular formula is C67H41NO. The number of hydrogen-bond acceptors (Lipinski definition) is 2. The number of rotatable bonds is 4. The molecule has 0 radical (unpaired) electrons. The van der Waals surface area contributed by atoms with Crippen molar-refractivity contribution in [3.05, 3.63) is 293 Å². The lowest BCUT2D eigenvalue weighted by Gasteiger charge is -2.48. The Morgan fingerprint density at radius 2 is 0.725 bits per heavy atom. The van der Waals surface area contributed by atoms with Crippen LogP contribution in [-0.4, -0.2) is 4.98 Å². The highest BCUT2D eigenvalue weighted by atomic mass is 16.3. The summed E-state index contributed by atoms with van der Waals surface area (Å²) in [7, 11) is 0. The van der Waals surface area contributed by atoms with Crippen LogP contribution < -0.4 is 0 Å². The van der Waals surface area contributed by atoms with E-state index in [-0.39, 0.29) is 0 Å². The third kappa shape index (κ3) is 5.07. The summed E-state index contributed by atoms with van der Waals surface area (Å²) in [4.78, 5) is 5.23. The number of nitrogens with zero attached hydrogens (tertiary/aromatic N) is 1. The number of para-hydroxylation sites is 1. The molecule has 15 rings (SSSR count). The Morgan fingerprint density at radius 3 is 1.35 bits per heavy atom. The van der Waals surface area contributed by atoms with Crippen LogP contribution >= 0.6 is 0 Å². The highest BCUT2D eigenvalue weighted by molar-refractivity contribution is 6.14. The molecule has 10 aromatic carbocycles. The van der Waals surface area contributed by atoms with Crippen LogP contribution in [0.15, 0.2) is 253 Å². The molecule has 0 unspecified atom stereocenters. The van der Waals surface area contributed by atoms with E-state index >= 15 is 0 Å². The number of pyridine rings is 1. The lowest BCUT2D eigenvalue weighted by atomic mass is 9.52. The molecule has 320 valence electrons. The Labute approximate surface area is 400 Å². The number of hydrogen-bond donors (Lipinski definition) is 0. The van der Waals surface area contributed by atoms with Crippen LogP contribution in [0.25, 0.3) is 89.0 Å². The Morgan fingerprint density at radius 1 is 0.275 bits per heavy atom. The lowest BCUT2D eigenvalue weighted by Crippen LogP contribution is -2.43. The monoisotopic (exact) mass is 875 g/mol. The van der Waals surface area contributed by atoms with E-state index in [9.17, 15) is 0 Å². The molecule has 0 N–H and O–H groups in total. The third-order valence-electron chi connectivity index (χ3n) is 15.6. The molecule has 2 spiro atoms. The first-order chi connectivity index (χ1) is 34.2. The number of aromatic nitrogens is 1. The molecule has 0 amide bonds. The van der Waals surface area contributed by atoms with Gasteiger partial charge >= 0.3 is 0 Å². The van der Waals surface area contributed by atoms with Crippen molar-refractivity contribution in [3.63, 3.8) is 0 Å². The topological polar surface area (TPSA) is 26.0 Å². The molecule has 2 heterocycles. The second-order valence-corrected chi connectivity index (χ2v) is 18.8. The summed E-state index contributed by atoms with van der Waals surface area (Å²) in [6, 6.07) is 91.7. The third-order valence-corrected chi connectivity index (χ3v) is 15.6. The smallest absolute Gasteiger partial charge is 0.143 e. The minimum absolute atomic E-state index is 0.522. The fourth-order valence-corrected chi connectivity index (χ4v) is 12.9. The van der Waals surface area contributed by atoms with Crippen molar-refractivity contribution in [2.75, 3.05) is 0 Å². The fourth-order valence-electron chi connectivity index (χ4n) is 12.9. The average Bonchev–Trinajstić information content (AvgIpc) is 4.06. The van der Waals surface area contributed by atoms with Gasteiger partial charge < -0.3 is 4.42 Å². The van der Waals surface area contributed by atoms with Crippen LogP contribution in [-0.2, 0) is 10.8 Å². The summed E-state index contributed by atoms with van der Waals surface area (Å²) >= 11 is 0. The SMILES string of the molecule is c1ccc(-c2cc(-c3cccc(-c4cccc5c4-c4c(ccc6c4oc4ccccc46)C54c5ccccc5C5(c6ccccc6-c6ccccc65)c5ccccc54)c3)cc(-c3ccccc3)n2)cc1. The van der Waals surface area contributed by atoms with Crippen LogP contribution in [0.1, 0.15) is 44.5 Å². The lowest BCUT2D eigenvalue weighted by molar-refractivity contribution is 0.631. The average molecular weight is 876 g/mol. The van der Waals surface area contributed by atoms with Gasteiger partial charge in [-0.05, 0) is 108 Å². The molecule has 0 fully saturated rings. The molecule has 0 bridgehead atoms. The Hall–Kier alpha value is -8.85. The molecule has 0 saturated heterocycles. The molecule has 12 aromatic rings. The van der Waals surface area contributed by atoms with E-state index in [0.717, 1.165) is 66.7 Å². The maximum atomic E-state index is 7.14.